The third-order valence-electron chi connectivity index (χ3n) is 3.51. The Hall–Kier alpha value is -1.40. The van der Waals surface area contributed by atoms with Crippen LogP contribution < -0.4 is 0 Å². The van der Waals surface area contributed by atoms with E-state index in [0.29, 0.717) is 25.9 Å². The standard InChI is InChI=1S/C13H17N3O2S/c1-9-6-16-10(8-19-13(16)14-9)2-3-12(18)15-5-4-11(17)7-15/h6,8,11,17H,2-5,7H2,1H3/t11-/m1/s1. The molecule has 1 aliphatic rings. The SMILES string of the molecule is Cc1cn2c(CCC(=O)N3CC[C@@H](O)C3)csc2n1. The van der Waals surface area contributed by atoms with Crippen LogP contribution in [0.2, 0.25) is 0 Å². The van der Waals surface area contributed by atoms with Crippen molar-refractivity contribution in [2.45, 2.75) is 32.3 Å². The molecule has 0 aliphatic carbocycles. The van der Waals surface area contributed by atoms with Gasteiger partial charge in [-0.3, -0.25) is 9.20 Å². The fourth-order valence-electron chi connectivity index (χ4n) is 2.48. The van der Waals surface area contributed by atoms with Crippen LogP contribution in [0.25, 0.3) is 4.96 Å². The van der Waals surface area contributed by atoms with Crippen LogP contribution in [-0.4, -0.2) is 44.5 Å². The summed E-state index contributed by atoms with van der Waals surface area (Å²) in [6.07, 6.45) is 3.59. The smallest absolute Gasteiger partial charge is 0.223 e. The molecule has 0 saturated carbocycles. The Bertz CT molecular complexity index is 604. The van der Waals surface area contributed by atoms with Gasteiger partial charge in [0.15, 0.2) is 4.96 Å². The van der Waals surface area contributed by atoms with Gasteiger partial charge in [-0.1, -0.05) is 0 Å². The van der Waals surface area contributed by atoms with E-state index in [0.717, 1.165) is 22.8 Å². The number of thiazole rings is 1. The Morgan fingerprint density at radius 2 is 2.47 bits per heavy atom. The number of β-amino-alcohol motifs (C(OH)–C–C–N with tert-alkyl or cyclic N) is 1. The Kier molecular flexibility index (Phi) is 3.28. The number of carbonyl (C=O) groups is 1. The van der Waals surface area contributed by atoms with E-state index in [2.05, 4.69) is 14.8 Å². The van der Waals surface area contributed by atoms with E-state index in [1.165, 1.54) is 0 Å². The second kappa shape index (κ2) is 4.94. The Balaban J connectivity index is 1.64. The van der Waals surface area contributed by atoms with Crippen molar-refractivity contribution in [2.75, 3.05) is 13.1 Å². The van der Waals surface area contributed by atoms with Crippen LogP contribution in [0.1, 0.15) is 24.2 Å². The van der Waals surface area contributed by atoms with Gasteiger partial charge in [-0.25, -0.2) is 4.98 Å². The predicted octanol–water partition coefficient (Wildman–Crippen LogP) is 1.23. The molecule has 2 aromatic rings. The van der Waals surface area contributed by atoms with Gasteiger partial charge in [0.2, 0.25) is 5.91 Å². The molecule has 3 heterocycles. The van der Waals surface area contributed by atoms with Gasteiger partial charge in [-0.15, -0.1) is 11.3 Å². The summed E-state index contributed by atoms with van der Waals surface area (Å²) in [6.45, 7) is 3.14. The van der Waals surface area contributed by atoms with Crippen molar-refractivity contribution in [2.24, 2.45) is 0 Å². The molecule has 1 N–H and O–H groups in total. The van der Waals surface area contributed by atoms with Crippen LogP contribution in [0, 0.1) is 6.92 Å². The lowest BCUT2D eigenvalue weighted by Gasteiger charge is -2.15. The summed E-state index contributed by atoms with van der Waals surface area (Å²) in [6, 6.07) is 0. The number of aliphatic hydroxyl groups is 1. The predicted molar refractivity (Wildman–Crippen MR) is 73.3 cm³/mol. The van der Waals surface area contributed by atoms with Crippen LogP contribution in [0.3, 0.4) is 0 Å². The average Bonchev–Trinajstić information content (AvgIpc) is 3.02. The molecule has 0 bridgehead atoms. The summed E-state index contributed by atoms with van der Waals surface area (Å²) in [5.74, 6) is 0.132. The number of aromatic nitrogens is 2. The molecule has 102 valence electrons. The van der Waals surface area contributed by atoms with Crippen LogP contribution in [0.4, 0.5) is 0 Å². The van der Waals surface area contributed by atoms with Crippen molar-refractivity contribution in [3.05, 3.63) is 23.0 Å². The Labute approximate surface area is 115 Å². The summed E-state index contributed by atoms with van der Waals surface area (Å²) in [7, 11) is 0. The molecular formula is C13H17N3O2S. The van der Waals surface area contributed by atoms with Crippen molar-refractivity contribution in [3.8, 4) is 0 Å². The maximum atomic E-state index is 12.0. The van der Waals surface area contributed by atoms with Crippen LogP contribution >= 0.6 is 11.3 Å². The number of fused-ring (bicyclic) bond motifs is 1. The zero-order chi connectivity index (χ0) is 13.4. The summed E-state index contributed by atoms with van der Waals surface area (Å²) < 4.78 is 2.06. The van der Waals surface area contributed by atoms with Gasteiger partial charge in [0.05, 0.1) is 11.8 Å². The minimum atomic E-state index is -0.340. The van der Waals surface area contributed by atoms with Gasteiger partial charge in [0.25, 0.3) is 0 Å². The molecule has 5 nitrogen and oxygen atoms in total. The molecule has 1 amide bonds. The number of aliphatic hydroxyl groups excluding tert-OH is 1. The number of aryl methyl sites for hydroxylation is 2. The minimum absolute atomic E-state index is 0.132. The van der Waals surface area contributed by atoms with E-state index in [9.17, 15) is 9.90 Å². The number of imidazole rings is 1. The van der Waals surface area contributed by atoms with Gasteiger partial charge in [-0.2, -0.15) is 0 Å². The number of hydrogen-bond donors (Lipinski definition) is 1. The minimum Gasteiger partial charge on any atom is -0.391 e. The van der Waals surface area contributed by atoms with Crippen molar-refractivity contribution in [1.82, 2.24) is 14.3 Å². The number of hydrogen-bond acceptors (Lipinski definition) is 4. The monoisotopic (exact) mass is 279 g/mol. The fraction of sp³-hybridized carbons (Fsp3) is 0.538. The van der Waals surface area contributed by atoms with Crippen molar-refractivity contribution < 1.29 is 9.90 Å². The number of likely N-dealkylation sites (tertiary alicyclic amines) is 1. The van der Waals surface area contributed by atoms with Crippen molar-refractivity contribution in [3.63, 3.8) is 0 Å². The van der Waals surface area contributed by atoms with E-state index in [4.69, 9.17) is 0 Å². The first-order chi connectivity index (χ1) is 9.13. The lowest BCUT2D eigenvalue weighted by atomic mass is 10.2. The first-order valence-corrected chi connectivity index (χ1v) is 7.39. The molecule has 0 radical (unpaired) electrons. The molecule has 0 aromatic carbocycles. The largest absolute Gasteiger partial charge is 0.391 e. The van der Waals surface area contributed by atoms with Crippen molar-refractivity contribution in [1.29, 1.82) is 0 Å². The maximum Gasteiger partial charge on any atom is 0.223 e. The number of rotatable bonds is 3. The summed E-state index contributed by atoms with van der Waals surface area (Å²) in [4.78, 5) is 19.2. The summed E-state index contributed by atoms with van der Waals surface area (Å²) >= 11 is 1.61. The Morgan fingerprint density at radius 3 is 3.21 bits per heavy atom. The molecule has 0 spiro atoms. The third kappa shape index (κ3) is 2.50. The maximum absolute atomic E-state index is 12.0. The first kappa shape index (κ1) is 12.6. The molecule has 2 aromatic heterocycles. The third-order valence-corrected chi connectivity index (χ3v) is 4.40. The van der Waals surface area contributed by atoms with E-state index in [-0.39, 0.29) is 12.0 Å². The summed E-state index contributed by atoms with van der Waals surface area (Å²) in [5.41, 5.74) is 2.13. The Morgan fingerprint density at radius 1 is 1.63 bits per heavy atom. The highest BCUT2D eigenvalue weighted by molar-refractivity contribution is 7.15. The van der Waals surface area contributed by atoms with Gasteiger partial charge < -0.3 is 10.0 Å². The number of carbonyl (C=O) groups excluding carboxylic acids is 1. The lowest BCUT2D eigenvalue weighted by Crippen LogP contribution is -2.29. The summed E-state index contributed by atoms with van der Waals surface area (Å²) in [5, 5.41) is 11.5. The molecule has 0 unspecified atom stereocenters. The van der Waals surface area contributed by atoms with E-state index >= 15 is 0 Å². The fourth-order valence-corrected chi connectivity index (χ4v) is 3.44. The molecule has 1 atom stereocenters. The lowest BCUT2D eigenvalue weighted by molar-refractivity contribution is -0.130. The average molecular weight is 279 g/mol. The van der Waals surface area contributed by atoms with E-state index in [1.54, 1.807) is 16.2 Å². The molecule has 1 saturated heterocycles. The van der Waals surface area contributed by atoms with E-state index in [1.807, 2.05) is 13.1 Å². The zero-order valence-electron chi connectivity index (χ0n) is 10.9. The van der Waals surface area contributed by atoms with Gasteiger partial charge in [0, 0.05) is 36.8 Å². The molecule has 19 heavy (non-hydrogen) atoms. The molecular weight excluding hydrogens is 262 g/mol. The van der Waals surface area contributed by atoms with Gasteiger partial charge in [0.1, 0.15) is 0 Å². The first-order valence-electron chi connectivity index (χ1n) is 6.51. The van der Waals surface area contributed by atoms with Crippen LogP contribution in [0.15, 0.2) is 11.6 Å². The van der Waals surface area contributed by atoms with Gasteiger partial charge in [-0.05, 0) is 19.8 Å². The number of nitrogens with zero attached hydrogens (tertiary/aromatic N) is 3. The van der Waals surface area contributed by atoms with Crippen LogP contribution in [0.5, 0.6) is 0 Å². The quantitative estimate of drug-likeness (QED) is 0.919. The van der Waals surface area contributed by atoms with Crippen LogP contribution in [-0.2, 0) is 11.2 Å². The highest BCUT2D eigenvalue weighted by Gasteiger charge is 2.24. The topological polar surface area (TPSA) is 57.8 Å². The van der Waals surface area contributed by atoms with Crippen molar-refractivity contribution >= 4 is 22.2 Å². The second-order valence-electron chi connectivity index (χ2n) is 5.04. The second-order valence-corrected chi connectivity index (χ2v) is 5.88. The van der Waals surface area contributed by atoms with Gasteiger partial charge >= 0.3 is 0 Å². The number of amides is 1. The highest BCUT2D eigenvalue weighted by Crippen LogP contribution is 2.18. The molecule has 6 heteroatoms. The molecule has 1 aliphatic heterocycles. The molecule has 1 fully saturated rings. The molecule has 3 rings (SSSR count). The highest BCUT2D eigenvalue weighted by atomic mass is 32.1. The normalized spacial score (nSPS) is 19.5. The zero-order valence-corrected chi connectivity index (χ0v) is 11.7. The van der Waals surface area contributed by atoms with E-state index < -0.39 is 0 Å².